The molecule has 1 N–H and O–H groups in total. The Morgan fingerprint density at radius 1 is 1.21 bits per heavy atom. The van der Waals surface area contributed by atoms with E-state index in [1.807, 2.05) is 6.92 Å². The van der Waals surface area contributed by atoms with Crippen molar-refractivity contribution in [1.82, 2.24) is 5.32 Å². The lowest BCUT2D eigenvalue weighted by Crippen LogP contribution is -2.27. The summed E-state index contributed by atoms with van der Waals surface area (Å²) < 4.78 is 0. The molecule has 5 nitrogen and oxygen atoms in total. The average molecular weight is 324 g/mol. The number of amides is 1. The van der Waals surface area contributed by atoms with Crippen LogP contribution in [0.15, 0.2) is 36.4 Å². The highest BCUT2D eigenvalue weighted by Crippen LogP contribution is 2.26. The molecule has 1 aliphatic carbocycles. The van der Waals surface area contributed by atoms with Gasteiger partial charge in [-0.15, -0.1) is 0 Å². The van der Waals surface area contributed by atoms with Gasteiger partial charge >= 0.3 is 0 Å². The molecule has 0 fully saturated rings. The zero-order valence-corrected chi connectivity index (χ0v) is 13.8. The van der Waals surface area contributed by atoms with Crippen LogP contribution in [0.4, 0.5) is 5.69 Å². The van der Waals surface area contributed by atoms with Gasteiger partial charge in [-0.25, -0.2) is 0 Å². The first-order valence-electron chi connectivity index (χ1n) is 8.14. The number of aryl methyl sites for hydroxylation is 2. The van der Waals surface area contributed by atoms with Crippen molar-refractivity contribution < 1.29 is 9.72 Å². The number of nitrogens with one attached hydrogen (secondary N) is 1. The molecule has 0 bridgehead atoms. The van der Waals surface area contributed by atoms with Crippen molar-refractivity contribution in [3.63, 3.8) is 0 Å². The number of nitrogens with zero attached hydrogens (tertiary/aromatic N) is 1. The first kappa shape index (κ1) is 16.2. The molecule has 2 aromatic rings. The lowest BCUT2D eigenvalue weighted by Gasteiger charge is -2.16. The molecule has 0 unspecified atom stereocenters. The minimum Gasteiger partial charge on any atom is -0.346 e. The third-order valence-electron chi connectivity index (χ3n) is 4.72. The molecular formula is C19H20N2O3. The van der Waals surface area contributed by atoms with Crippen molar-refractivity contribution in [3.05, 3.63) is 74.3 Å². The summed E-state index contributed by atoms with van der Waals surface area (Å²) in [6.45, 7) is 3.54. The van der Waals surface area contributed by atoms with Gasteiger partial charge in [0.05, 0.1) is 11.0 Å². The number of carbonyl (C=O) groups excluding carboxylic acids is 1. The van der Waals surface area contributed by atoms with Crippen LogP contribution in [0.3, 0.4) is 0 Å². The molecule has 124 valence electrons. The van der Waals surface area contributed by atoms with Crippen molar-refractivity contribution in [3.8, 4) is 0 Å². The van der Waals surface area contributed by atoms with Gasteiger partial charge < -0.3 is 5.32 Å². The molecule has 0 heterocycles. The molecule has 1 aliphatic rings. The Labute approximate surface area is 140 Å². The summed E-state index contributed by atoms with van der Waals surface area (Å²) >= 11 is 0. The number of rotatable bonds is 4. The Kier molecular flexibility index (Phi) is 4.34. The lowest BCUT2D eigenvalue weighted by molar-refractivity contribution is -0.385. The number of hydrogen-bond acceptors (Lipinski definition) is 3. The van der Waals surface area contributed by atoms with E-state index in [9.17, 15) is 14.9 Å². The fourth-order valence-electron chi connectivity index (χ4n) is 3.29. The second-order valence-corrected chi connectivity index (χ2v) is 6.28. The van der Waals surface area contributed by atoms with Gasteiger partial charge in [0.2, 0.25) is 0 Å². The highest BCUT2D eigenvalue weighted by molar-refractivity contribution is 5.96. The van der Waals surface area contributed by atoms with E-state index >= 15 is 0 Å². The molecular weight excluding hydrogens is 304 g/mol. The van der Waals surface area contributed by atoms with Crippen LogP contribution in [-0.4, -0.2) is 10.8 Å². The van der Waals surface area contributed by atoms with Crippen LogP contribution in [-0.2, 0) is 12.8 Å². The van der Waals surface area contributed by atoms with E-state index in [-0.39, 0.29) is 17.6 Å². The maximum atomic E-state index is 12.5. The third kappa shape index (κ3) is 3.02. The predicted octanol–water partition coefficient (Wildman–Crippen LogP) is 3.88. The topological polar surface area (TPSA) is 72.2 Å². The molecule has 1 atom stereocenters. The second kappa shape index (κ2) is 6.43. The van der Waals surface area contributed by atoms with E-state index in [0.29, 0.717) is 11.1 Å². The monoisotopic (exact) mass is 324 g/mol. The van der Waals surface area contributed by atoms with Gasteiger partial charge in [0.15, 0.2) is 0 Å². The van der Waals surface area contributed by atoms with Gasteiger partial charge in [0.1, 0.15) is 0 Å². The van der Waals surface area contributed by atoms with Gasteiger partial charge in [-0.05, 0) is 55.9 Å². The number of carbonyl (C=O) groups is 1. The van der Waals surface area contributed by atoms with Crippen LogP contribution in [0.1, 0.15) is 52.0 Å². The Bertz CT molecular complexity index is 814. The highest BCUT2D eigenvalue weighted by atomic mass is 16.6. The Morgan fingerprint density at radius 3 is 2.71 bits per heavy atom. The largest absolute Gasteiger partial charge is 0.346 e. The van der Waals surface area contributed by atoms with E-state index < -0.39 is 4.92 Å². The number of hydrogen-bond donors (Lipinski definition) is 1. The van der Waals surface area contributed by atoms with Crippen LogP contribution in [0, 0.1) is 17.0 Å². The molecule has 5 heteroatoms. The van der Waals surface area contributed by atoms with E-state index in [0.717, 1.165) is 18.4 Å². The number of fused-ring (bicyclic) bond motifs is 1. The summed E-state index contributed by atoms with van der Waals surface area (Å²) in [4.78, 5) is 23.1. The lowest BCUT2D eigenvalue weighted by atomic mass is 10.0. The fraction of sp³-hybridized carbons (Fsp3) is 0.316. The smallest absolute Gasteiger partial charge is 0.273 e. The quantitative estimate of drug-likeness (QED) is 0.685. The van der Waals surface area contributed by atoms with Crippen LogP contribution >= 0.6 is 0 Å². The molecule has 0 saturated heterocycles. The number of nitro benzene ring substituents is 1. The van der Waals surface area contributed by atoms with Gasteiger partial charge in [0, 0.05) is 17.2 Å². The summed E-state index contributed by atoms with van der Waals surface area (Å²) in [5, 5.41) is 14.0. The minimum atomic E-state index is -0.462. The first-order valence-corrected chi connectivity index (χ1v) is 8.14. The molecule has 3 rings (SSSR count). The third-order valence-corrected chi connectivity index (χ3v) is 4.72. The summed E-state index contributed by atoms with van der Waals surface area (Å²) in [7, 11) is 0. The summed E-state index contributed by atoms with van der Waals surface area (Å²) in [6, 6.07) is 10.8. The molecule has 0 spiro atoms. The highest BCUT2D eigenvalue weighted by Gasteiger charge is 2.20. The van der Waals surface area contributed by atoms with Gasteiger partial charge in [-0.1, -0.05) is 24.3 Å². The van der Waals surface area contributed by atoms with E-state index in [1.165, 1.54) is 23.6 Å². The number of benzene rings is 2. The van der Waals surface area contributed by atoms with Gasteiger partial charge in [0.25, 0.3) is 11.6 Å². The van der Waals surface area contributed by atoms with E-state index in [4.69, 9.17) is 0 Å². The van der Waals surface area contributed by atoms with Crippen molar-refractivity contribution in [2.45, 2.75) is 39.2 Å². The molecule has 1 amide bonds. The molecule has 0 saturated carbocycles. The Morgan fingerprint density at radius 2 is 1.96 bits per heavy atom. The summed E-state index contributed by atoms with van der Waals surface area (Å²) in [5.74, 6) is -0.288. The van der Waals surface area contributed by atoms with Crippen LogP contribution in [0.25, 0.3) is 0 Å². The van der Waals surface area contributed by atoms with Crippen LogP contribution in [0.5, 0.6) is 0 Å². The average Bonchev–Trinajstić information content (AvgIpc) is 3.02. The maximum Gasteiger partial charge on any atom is 0.273 e. The first-order chi connectivity index (χ1) is 11.5. The van der Waals surface area contributed by atoms with Crippen molar-refractivity contribution in [2.75, 3.05) is 0 Å². The molecule has 0 aliphatic heterocycles. The van der Waals surface area contributed by atoms with E-state index in [1.54, 1.807) is 19.1 Å². The normalized spacial score (nSPS) is 14.1. The molecule has 0 radical (unpaired) electrons. The van der Waals surface area contributed by atoms with Gasteiger partial charge in [-0.3, -0.25) is 14.9 Å². The maximum absolute atomic E-state index is 12.5. The summed E-state index contributed by atoms with van der Waals surface area (Å²) in [5.41, 5.74) is 4.52. The Hall–Kier alpha value is -2.69. The fourth-order valence-corrected chi connectivity index (χ4v) is 3.29. The predicted molar refractivity (Wildman–Crippen MR) is 92.2 cm³/mol. The van der Waals surface area contributed by atoms with E-state index in [2.05, 4.69) is 23.5 Å². The van der Waals surface area contributed by atoms with Crippen molar-refractivity contribution in [2.24, 2.45) is 0 Å². The zero-order chi connectivity index (χ0) is 17.3. The minimum absolute atomic E-state index is 0.0344. The molecule has 24 heavy (non-hydrogen) atoms. The van der Waals surface area contributed by atoms with Crippen LogP contribution < -0.4 is 5.32 Å². The standard InChI is InChI=1S/C19H20N2O3/c1-12-17(7-4-8-18(12)21(23)24)19(22)20-13(2)15-10-9-14-5-3-6-16(14)11-15/h4,7-11,13H,3,5-6H2,1-2H3,(H,20,22)/t13-/m0/s1. The zero-order valence-electron chi connectivity index (χ0n) is 13.8. The van der Waals surface area contributed by atoms with Crippen molar-refractivity contribution in [1.29, 1.82) is 0 Å². The molecule has 0 aromatic heterocycles. The van der Waals surface area contributed by atoms with Crippen molar-refractivity contribution >= 4 is 11.6 Å². The molecule has 2 aromatic carbocycles. The van der Waals surface area contributed by atoms with Gasteiger partial charge in [-0.2, -0.15) is 0 Å². The van der Waals surface area contributed by atoms with Crippen LogP contribution in [0.2, 0.25) is 0 Å². The Balaban J connectivity index is 1.80. The second-order valence-electron chi connectivity index (χ2n) is 6.28. The summed E-state index contributed by atoms with van der Waals surface area (Å²) in [6.07, 6.45) is 3.41. The number of nitro groups is 1. The SMILES string of the molecule is Cc1c(C(=O)N[C@@H](C)c2ccc3c(c2)CCC3)cccc1[N+](=O)[O-].